The van der Waals surface area contributed by atoms with E-state index in [-0.39, 0.29) is 18.1 Å². The van der Waals surface area contributed by atoms with Gasteiger partial charge >= 0.3 is 0 Å². The summed E-state index contributed by atoms with van der Waals surface area (Å²) >= 11 is 7.25. The molecule has 0 bridgehead atoms. The van der Waals surface area contributed by atoms with Crippen molar-refractivity contribution in [2.45, 2.75) is 19.1 Å². The van der Waals surface area contributed by atoms with E-state index in [4.69, 9.17) is 16.3 Å². The van der Waals surface area contributed by atoms with Crippen molar-refractivity contribution in [2.24, 2.45) is 0 Å². The van der Waals surface area contributed by atoms with Crippen LogP contribution in [-0.2, 0) is 4.74 Å². The number of halogens is 1. The molecule has 2 atom stereocenters. The zero-order chi connectivity index (χ0) is 11.5. The van der Waals surface area contributed by atoms with Gasteiger partial charge in [-0.05, 0) is 18.4 Å². The predicted molar refractivity (Wildman–Crippen MR) is 65.3 cm³/mol. The van der Waals surface area contributed by atoms with Gasteiger partial charge in [0.2, 0.25) is 0 Å². The normalized spacial score (nSPS) is 25.8. The topological polar surface area (TPSA) is 29.5 Å². The van der Waals surface area contributed by atoms with Gasteiger partial charge in [0.1, 0.15) is 0 Å². The number of alkyl halides is 1. The van der Waals surface area contributed by atoms with Gasteiger partial charge in [0, 0.05) is 13.1 Å². The SMILES string of the molecule is CC1CN(C(=O)c2cccs2)CC(CCl)O1. The van der Waals surface area contributed by atoms with Crippen molar-refractivity contribution < 1.29 is 9.53 Å². The Hall–Kier alpha value is -0.580. The molecule has 88 valence electrons. The van der Waals surface area contributed by atoms with E-state index < -0.39 is 0 Å². The van der Waals surface area contributed by atoms with Crippen LogP contribution in [0.1, 0.15) is 16.6 Å². The van der Waals surface area contributed by atoms with Crippen molar-refractivity contribution in [3.63, 3.8) is 0 Å². The van der Waals surface area contributed by atoms with E-state index in [1.54, 1.807) is 0 Å². The van der Waals surface area contributed by atoms with Crippen LogP contribution < -0.4 is 0 Å². The van der Waals surface area contributed by atoms with E-state index >= 15 is 0 Å². The van der Waals surface area contributed by atoms with E-state index in [0.717, 1.165) is 4.88 Å². The summed E-state index contributed by atoms with van der Waals surface area (Å²) in [5.41, 5.74) is 0. The lowest BCUT2D eigenvalue weighted by Crippen LogP contribution is -2.49. The molecule has 1 saturated heterocycles. The first-order valence-corrected chi connectivity index (χ1v) is 6.66. The summed E-state index contributed by atoms with van der Waals surface area (Å²) in [6.45, 7) is 3.20. The second-order valence-corrected chi connectivity index (χ2v) is 5.17. The Morgan fingerprint density at radius 1 is 1.69 bits per heavy atom. The molecule has 2 unspecified atom stereocenters. The highest BCUT2D eigenvalue weighted by Gasteiger charge is 2.28. The average Bonchev–Trinajstić information content (AvgIpc) is 2.80. The van der Waals surface area contributed by atoms with E-state index in [9.17, 15) is 4.79 Å². The van der Waals surface area contributed by atoms with Crippen LogP contribution in [0.3, 0.4) is 0 Å². The molecular formula is C11H14ClNO2S. The molecule has 1 aromatic heterocycles. The molecule has 5 heteroatoms. The average molecular weight is 260 g/mol. The molecule has 0 radical (unpaired) electrons. The summed E-state index contributed by atoms with van der Waals surface area (Å²) in [5.74, 6) is 0.513. The smallest absolute Gasteiger partial charge is 0.264 e. The monoisotopic (exact) mass is 259 g/mol. The molecule has 2 rings (SSSR count). The minimum Gasteiger partial charge on any atom is -0.370 e. The standard InChI is InChI=1S/C11H14ClNO2S/c1-8-6-13(7-9(5-12)15-8)11(14)10-3-2-4-16-10/h2-4,8-9H,5-7H2,1H3. The molecule has 2 heterocycles. The number of hydrogen-bond donors (Lipinski definition) is 0. The summed E-state index contributed by atoms with van der Waals surface area (Å²) in [4.78, 5) is 14.7. The van der Waals surface area contributed by atoms with Crippen LogP contribution in [0.5, 0.6) is 0 Å². The lowest BCUT2D eigenvalue weighted by molar-refractivity contribution is -0.0569. The number of amides is 1. The van der Waals surface area contributed by atoms with Gasteiger partial charge in [0.05, 0.1) is 23.0 Å². The first kappa shape index (κ1) is 11.9. The summed E-state index contributed by atoms with van der Waals surface area (Å²) < 4.78 is 5.61. The van der Waals surface area contributed by atoms with Crippen molar-refractivity contribution >= 4 is 28.8 Å². The Balaban J connectivity index is 2.06. The van der Waals surface area contributed by atoms with Crippen molar-refractivity contribution in [3.8, 4) is 0 Å². The van der Waals surface area contributed by atoms with Crippen LogP contribution in [-0.4, -0.2) is 42.0 Å². The molecule has 1 amide bonds. The maximum Gasteiger partial charge on any atom is 0.264 e. The predicted octanol–water partition coefficient (Wildman–Crippen LogP) is 2.22. The molecule has 0 spiro atoms. The van der Waals surface area contributed by atoms with Gasteiger partial charge in [-0.25, -0.2) is 0 Å². The Morgan fingerprint density at radius 2 is 2.50 bits per heavy atom. The van der Waals surface area contributed by atoms with E-state index in [0.29, 0.717) is 19.0 Å². The van der Waals surface area contributed by atoms with Crippen molar-refractivity contribution in [1.29, 1.82) is 0 Å². The van der Waals surface area contributed by atoms with Crippen LogP contribution in [0.2, 0.25) is 0 Å². The van der Waals surface area contributed by atoms with Gasteiger partial charge in [-0.3, -0.25) is 4.79 Å². The third kappa shape index (κ3) is 2.56. The number of carbonyl (C=O) groups is 1. The lowest BCUT2D eigenvalue weighted by atomic mass is 10.2. The van der Waals surface area contributed by atoms with E-state index in [1.165, 1.54) is 11.3 Å². The largest absolute Gasteiger partial charge is 0.370 e. The second kappa shape index (κ2) is 5.17. The summed E-state index contributed by atoms with van der Waals surface area (Å²) in [6.07, 6.45) is 0.00995. The zero-order valence-corrected chi connectivity index (χ0v) is 10.6. The highest BCUT2D eigenvalue weighted by atomic mass is 35.5. The van der Waals surface area contributed by atoms with Crippen molar-refractivity contribution in [3.05, 3.63) is 22.4 Å². The molecule has 0 N–H and O–H groups in total. The molecule has 0 saturated carbocycles. The Bertz CT molecular complexity index is 355. The summed E-state index contributed by atoms with van der Waals surface area (Å²) in [7, 11) is 0. The van der Waals surface area contributed by atoms with Gasteiger partial charge in [-0.2, -0.15) is 0 Å². The maximum atomic E-state index is 12.1. The molecule has 0 aromatic carbocycles. The van der Waals surface area contributed by atoms with Gasteiger partial charge < -0.3 is 9.64 Å². The molecule has 1 fully saturated rings. The van der Waals surface area contributed by atoms with Crippen molar-refractivity contribution in [1.82, 2.24) is 4.90 Å². The van der Waals surface area contributed by atoms with Gasteiger partial charge in [-0.1, -0.05) is 6.07 Å². The minimum atomic E-state index is -0.0469. The van der Waals surface area contributed by atoms with Crippen LogP contribution in [0.4, 0.5) is 0 Å². The van der Waals surface area contributed by atoms with Gasteiger partial charge in [0.15, 0.2) is 0 Å². The number of morpholine rings is 1. The van der Waals surface area contributed by atoms with Crippen LogP contribution in [0.15, 0.2) is 17.5 Å². The van der Waals surface area contributed by atoms with Crippen LogP contribution >= 0.6 is 22.9 Å². The van der Waals surface area contributed by atoms with Crippen LogP contribution in [0.25, 0.3) is 0 Å². The molecule has 3 nitrogen and oxygen atoms in total. The first-order valence-electron chi connectivity index (χ1n) is 5.25. The number of carbonyl (C=O) groups excluding carboxylic acids is 1. The minimum absolute atomic E-state index is 0.0469. The molecule has 1 aromatic rings. The molecule has 1 aliphatic rings. The van der Waals surface area contributed by atoms with Gasteiger partial charge in [-0.15, -0.1) is 22.9 Å². The highest BCUT2D eigenvalue weighted by molar-refractivity contribution is 7.12. The molecule has 0 aliphatic carbocycles. The highest BCUT2D eigenvalue weighted by Crippen LogP contribution is 2.17. The number of nitrogens with zero attached hydrogens (tertiary/aromatic N) is 1. The van der Waals surface area contributed by atoms with E-state index in [2.05, 4.69) is 0 Å². The number of rotatable bonds is 2. The molecule has 16 heavy (non-hydrogen) atoms. The Morgan fingerprint density at radius 3 is 3.12 bits per heavy atom. The maximum absolute atomic E-state index is 12.1. The fourth-order valence-electron chi connectivity index (χ4n) is 1.85. The zero-order valence-electron chi connectivity index (χ0n) is 9.06. The number of hydrogen-bond acceptors (Lipinski definition) is 3. The fraction of sp³-hybridized carbons (Fsp3) is 0.545. The lowest BCUT2D eigenvalue weighted by Gasteiger charge is -2.35. The third-order valence-corrected chi connectivity index (χ3v) is 3.72. The van der Waals surface area contributed by atoms with E-state index in [1.807, 2.05) is 29.3 Å². The van der Waals surface area contributed by atoms with Crippen molar-refractivity contribution in [2.75, 3.05) is 19.0 Å². The Kier molecular flexibility index (Phi) is 3.84. The number of ether oxygens (including phenoxy) is 1. The first-order chi connectivity index (χ1) is 7.70. The fourth-order valence-corrected chi connectivity index (χ4v) is 2.71. The third-order valence-electron chi connectivity index (χ3n) is 2.52. The quantitative estimate of drug-likeness (QED) is 0.763. The summed E-state index contributed by atoms with van der Waals surface area (Å²) in [6, 6.07) is 3.74. The second-order valence-electron chi connectivity index (χ2n) is 3.91. The Labute approximate surface area is 104 Å². The number of thiophene rings is 1. The van der Waals surface area contributed by atoms with Gasteiger partial charge in [0.25, 0.3) is 5.91 Å². The summed E-state index contributed by atoms with van der Waals surface area (Å²) in [5, 5.41) is 1.91. The molecule has 1 aliphatic heterocycles. The van der Waals surface area contributed by atoms with Crippen LogP contribution in [0, 0.1) is 0 Å². The molecular weight excluding hydrogens is 246 g/mol.